The number of amides is 1. The molecule has 0 saturated carbocycles. The van der Waals surface area contributed by atoms with Crippen LogP contribution < -0.4 is 10.5 Å². The number of ether oxygens (including phenoxy) is 1. The summed E-state index contributed by atoms with van der Waals surface area (Å²) in [4.78, 5) is 14.0. The van der Waals surface area contributed by atoms with E-state index in [-0.39, 0.29) is 12.5 Å². The summed E-state index contributed by atoms with van der Waals surface area (Å²) in [6.45, 7) is 3.00. The average molecular weight is 266 g/mol. The van der Waals surface area contributed by atoms with Crippen LogP contribution >= 0.6 is 0 Å². The Labute approximate surface area is 114 Å². The first-order valence-corrected chi connectivity index (χ1v) is 6.47. The minimum absolute atomic E-state index is 0.0406. The molecule has 0 saturated heterocycles. The number of nitrogen functional groups attached to an aromatic ring is 1. The van der Waals surface area contributed by atoms with Gasteiger partial charge in [0.05, 0.1) is 19.4 Å². The van der Waals surface area contributed by atoms with Gasteiger partial charge in [0.2, 0.25) is 0 Å². The molecule has 0 aromatic heterocycles. The van der Waals surface area contributed by atoms with Crippen LogP contribution in [0.3, 0.4) is 0 Å². The number of unbranched alkanes of at least 4 members (excludes halogenated alkanes) is 1. The van der Waals surface area contributed by atoms with Crippen molar-refractivity contribution in [1.29, 1.82) is 0 Å². The van der Waals surface area contributed by atoms with E-state index in [0.717, 1.165) is 12.8 Å². The predicted octanol–water partition coefficient (Wildman–Crippen LogP) is 1.51. The van der Waals surface area contributed by atoms with Crippen LogP contribution in [0.5, 0.6) is 5.75 Å². The number of carbonyl (C=O) groups is 1. The van der Waals surface area contributed by atoms with Crippen molar-refractivity contribution in [3.05, 3.63) is 23.8 Å². The lowest BCUT2D eigenvalue weighted by atomic mass is 10.1. The molecule has 1 rings (SSSR count). The van der Waals surface area contributed by atoms with Crippen molar-refractivity contribution in [1.82, 2.24) is 4.90 Å². The molecule has 1 aromatic carbocycles. The van der Waals surface area contributed by atoms with E-state index in [2.05, 4.69) is 6.92 Å². The lowest BCUT2D eigenvalue weighted by Crippen LogP contribution is -2.34. The second-order valence-electron chi connectivity index (χ2n) is 4.33. The number of benzene rings is 1. The standard InChI is InChI=1S/C14H22N2O3/c1-3-4-7-16(8-9-17)14(18)11-5-6-13(19-2)12(15)10-11/h5-6,10,17H,3-4,7-9,15H2,1-2H3. The van der Waals surface area contributed by atoms with E-state index in [9.17, 15) is 4.79 Å². The molecule has 1 aromatic rings. The highest BCUT2D eigenvalue weighted by atomic mass is 16.5. The molecule has 0 aliphatic rings. The van der Waals surface area contributed by atoms with Crippen LogP contribution in [-0.2, 0) is 0 Å². The fourth-order valence-corrected chi connectivity index (χ4v) is 1.83. The van der Waals surface area contributed by atoms with Gasteiger partial charge in [0.25, 0.3) is 5.91 Å². The zero-order valence-electron chi connectivity index (χ0n) is 11.6. The zero-order valence-corrected chi connectivity index (χ0v) is 11.6. The van der Waals surface area contributed by atoms with E-state index in [1.807, 2.05) is 0 Å². The molecule has 0 radical (unpaired) electrons. The van der Waals surface area contributed by atoms with Crippen molar-refractivity contribution >= 4 is 11.6 Å². The van der Waals surface area contributed by atoms with E-state index in [1.165, 1.54) is 7.11 Å². The molecule has 0 aliphatic heterocycles. The van der Waals surface area contributed by atoms with Crippen LogP contribution in [0.4, 0.5) is 5.69 Å². The van der Waals surface area contributed by atoms with Gasteiger partial charge in [-0.05, 0) is 24.6 Å². The molecule has 0 atom stereocenters. The summed E-state index contributed by atoms with van der Waals surface area (Å²) in [6.07, 6.45) is 1.91. The number of carbonyl (C=O) groups excluding carboxylic acids is 1. The third-order valence-corrected chi connectivity index (χ3v) is 2.92. The Morgan fingerprint density at radius 3 is 2.68 bits per heavy atom. The van der Waals surface area contributed by atoms with Gasteiger partial charge in [-0.25, -0.2) is 0 Å². The van der Waals surface area contributed by atoms with Crippen molar-refractivity contribution in [2.24, 2.45) is 0 Å². The molecule has 106 valence electrons. The Bertz CT molecular complexity index is 421. The number of nitrogens with zero attached hydrogens (tertiary/aromatic N) is 1. The summed E-state index contributed by atoms with van der Waals surface area (Å²) in [6, 6.07) is 4.98. The first-order valence-electron chi connectivity index (χ1n) is 6.47. The Balaban J connectivity index is 2.86. The monoisotopic (exact) mass is 266 g/mol. The van der Waals surface area contributed by atoms with Gasteiger partial charge >= 0.3 is 0 Å². The molecule has 5 nitrogen and oxygen atoms in total. The summed E-state index contributed by atoms with van der Waals surface area (Å²) in [7, 11) is 1.53. The quantitative estimate of drug-likeness (QED) is 0.734. The van der Waals surface area contributed by atoms with Gasteiger partial charge in [0, 0.05) is 18.7 Å². The van der Waals surface area contributed by atoms with Crippen LogP contribution in [0.25, 0.3) is 0 Å². The second kappa shape index (κ2) is 7.63. The van der Waals surface area contributed by atoms with Crippen LogP contribution in [-0.4, -0.2) is 42.7 Å². The predicted molar refractivity (Wildman–Crippen MR) is 75.3 cm³/mol. The highest BCUT2D eigenvalue weighted by Gasteiger charge is 2.15. The average Bonchev–Trinajstić information content (AvgIpc) is 2.42. The number of nitrogens with two attached hydrogens (primary N) is 1. The molecule has 5 heteroatoms. The molecule has 0 bridgehead atoms. The summed E-state index contributed by atoms with van der Waals surface area (Å²) in [5, 5.41) is 9.03. The minimum atomic E-state index is -0.114. The van der Waals surface area contributed by atoms with E-state index in [4.69, 9.17) is 15.6 Å². The van der Waals surface area contributed by atoms with E-state index in [0.29, 0.717) is 30.1 Å². The molecule has 0 aliphatic carbocycles. The summed E-state index contributed by atoms with van der Waals surface area (Å²) < 4.78 is 5.06. The van der Waals surface area contributed by atoms with Gasteiger partial charge in [-0.15, -0.1) is 0 Å². The molecule has 0 spiro atoms. The normalized spacial score (nSPS) is 10.3. The Morgan fingerprint density at radius 1 is 1.42 bits per heavy atom. The SMILES string of the molecule is CCCCN(CCO)C(=O)c1ccc(OC)c(N)c1. The summed E-state index contributed by atoms with van der Waals surface area (Å²) >= 11 is 0. The Morgan fingerprint density at radius 2 is 2.16 bits per heavy atom. The number of hydrogen-bond acceptors (Lipinski definition) is 4. The fourth-order valence-electron chi connectivity index (χ4n) is 1.83. The number of aliphatic hydroxyl groups is 1. The van der Waals surface area contributed by atoms with E-state index >= 15 is 0 Å². The third kappa shape index (κ3) is 4.13. The maximum absolute atomic E-state index is 12.3. The zero-order chi connectivity index (χ0) is 14.3. The van der Waals surface area contributed by atoms with Crippen molar-refractivity contribution < 1.29 is 14.6 Å². The van der Waals surface area contributed by atoms with Crippen molar-refractivity contribution in [3.63, 3.8) is 0 Å². The molecule has 19 heavy (non-hydrogen) atoms. The number of rotatable bonds is 7. The van der Waals surface area contributed by atoms with Crippen molar-refractivity contribution in [3.8, 4) is 5.75 Å². The number of hydrogen-bond donors (Lipinski definition) is 2. The smallest absolute Gasteiger partial charge is 0.254 e. The maximum atomic E-state index is 12.3. The summed E-state index contributed by atoms with van der Waals surface area (Å²) in [5.41, 5.74) is 6.75. The molecule has 0 fully saturated rings. The van der Waals surface area contributed by atoms with Crippen LogP contribution in [0, 0.1) is 0 Å². The lowest BCUT2D eigenvalue weighted by Gasteiger charge is -2.22. The van der Waals surface area contributed by atoms with Gasteiger partial charge in [-0.1, -0.05) is 13.3 Å². The first-order chi connectivity index (χ1) is 9.13. The molecule has 0 heterocycles. The Kier molecular flexibility index (Phi) is 6.15. The molecule has 1 amide bonds. The second-order valence-corrected chi connectivity index (χ2v) is 4.33. The fraction of sp³-hybridized carbons (Fsp3) is 0.500. The van der Waals surface area contributed by atoms with Crippen molar-refractivity contribution in [2.75, 3.05) is 32.5 Å². The highest BCUT2D eigenvalue weighted by molar-refractivity contribution is 5.95. The highest BCUT2D eigenvalue weighted by Crippen LogP contribution is 2.22. The summed E-state index contributed by atoms with van der Waals surface area (Å²) in [5.74, 6) is 0.440. The molecule has 3 N–H and O–H groups in total. The van der Waals surface area contributed by atoms with Crippen molar-refractivity contribution in [2.45, 2.75) is 19.8 Å². The van der Waals surface area contributed by atoms with Crippen LogP contribution in [0.15, 0.2) is 18.2 Å². The third-order valence-electron chi connectivity index (χ3n) is 2.92. The van der Waals surface area contributed by atoms with E-state index < -0.39 is 0 Å². The molecular weight excluding hydrogens is 244 g/mol. The lowest BCUT2D eigenvalue weighted by molar-refractivity contribution is 0.0719. The maximum Gasteiger partial charge on any atom is 0.254 e. The topological polar surface area (TPSA) is 75.8 Å². The van der Waals surface area contributed by atoms with Gasteiger partial charge in [0.1, 0.15) is 5.75 Å². The van der Waals surface area contributed by atoms with Gasteiger partial charge in [-0.2, -0.15) is 0 Å². The number of methoxy groups -OCH3 is 1. The van der Waals surface area contributed by atoms with Gasteiger partial charge < -0.3 is 20.5 Å². The number of anilines is 1. The Hall–Kier alpha value is -1.75. The molecule has 0 unspecified atom stereocenters. The van der Waals surface area contributed by atoms with E-state index in [1.54, 1.807) is 23.1 Å². The number of aliphatic hydroxyl groups excluding tert-OH is 1. The first kappa shape index (κ1) is 15.3. The van der Waals surface area contributed by atoms with Gasteiger partial charge in [-0.3, -0.25) is 4.79 Å². The molecular formula is C14H22N2O3. The van der Waals surface area contributed by atoms with Crippen LogP contribution in [0.2, 0.25) is 0 Å². The van der Waals surface area contributed by atoms with Gasteiger partial charge in [0.15, 0.2) is 0 Å². The minimum Gasteiger partial charge on any atom is -0.495 e. The van der Waals surface area contributed by atoms with Crippen LogP contribution in [0.1, 0.15) is 30.1 Å². The largest absolute Gasteiger partial charge is 0.495 e.